The average Bonchev–Trinajstić information content (AvgIpc) is 2.54. The van der Waals surface area contributed by atoms with Gasteiger partial charge < -0.3 is 5.73 Å². The molecule has 0 fully saturated rings. The summed E-state index contributed by atoms with van der Waals surface area (Å²) >= 11 is 0. The van der Waals surface area contributed by atoms with Crippen LogP contribution >= 0.6 is 0 Å². The van der Waals surface area contributed by atoms with E-state index in [2.05, 4.69) is 50.2 Å². The van der Waals surface area contributed by atoms with Crippen molar-refractivity contribution in [3.05, 3.63) is 65.2 Å². The van der Waals surface area contributed by atoms with Crippen molar-refractivity contribution in [2.24, 2.45) is 0 Å². The van der Waals surface area contributed by atoms with Crippen LogP contribution in [0.15, 0.2) is 48.5 Å². The first kappa shape index (κ1) is 16.6. The van der Waals surface area contributed by atoms with E-state index in [1.165, 1.54) is 43.2 Å². The van der Waals surface area contributed by atoms with Crippen molar-refractivity contribution in [1.29, 1.82) is 0 Å². The van der Waals surface area contributed by atoms with Gasteiger partial charge >= 0.3 is 0 Å². The molecule has 0 heterocycles. The van der Waals surface area contributed by atoms with Crippen molar-refractivity contribution in [3.63, 3.8) is 0 Å². The molecule has 0 bridgehead atoms. The highest BCUT2D eigenvalue weighted by atomic mass is 14.5. The van der Waals surface area contributed by atoms with Crippen molar-refractivity contribution in [1.82, 2.24) is 0 Å². The number of nitrogens with two attached hydrogens (primary N) is 1. The van der Waals surface area contributed by atoms with Gasteiger partial charge in [-0.3, -0.25) is 0 Å². The highest BCUT2D eigenvalue weighted by molar-refractivity contribution is 5.42. The first-order valence-electron chi connectivity index (χ1n) is 8.66. The highest BCUT2D eigenvalue weighted by Gasteiger charge is 2.14. The van der Waals surface area contributed by atoms with Gasteiger partial charge in [0, 0.05) is 5.69 Å². The van der Waals surface area contributed by atoms with Crippen molar-refractivity contribution in [2.75, 3.05) is 5.73 Å². The summed E-state index contributed by atoms with van der Waals surface area (Å²) < 4.78 is 0. The lowest BCUT2D eigenvalue weighted by Gasteiger charge is -2.20. The summed E-state index contributed by atoms with van der Waals surface area (Å²) in [6.07, 6.45) is 7.45. The molecule has 22 heavy (non-hydrogen) atoms. The zero-order chi connectivity index (χ0) is 15.8. The van der Waals surface area contributed by atoms with E-state index in [0.717, 1.165) is 12.1 Å². The maximum atomic E-state index is 5.79. The molecule has 2 aromatic carbocycles. The van der Waals surface area contributed by atoms with Gasteiger partial charge in [-0.1, -0.05) is 69.5 Å². The molecule has 2 rings (SSSR count). The van der Waals surface area contributed by atoms with Crippen LogP contribution in [0, 0.1) is 0 Å². The number of benzene rings is 2. The zero-order valence-electron chi connectivity index (χ0n) is 14.0. The molecule has 0 saturated carbocycles. The quantitative estimate of drug-likeness (QED) is 0.600. The van der Waals surface area contributed by atoms with E-state index >= 15 is 0 Å². The van der Waals surface area contributed by atoms with Crippen LogP contribution in [0.5, 0.6) is 0 Å². The van der Waals surface area contributed by atoms with Gasteiger partial charge in [-0.2, -0.15) is 0 Å². The lowest BCUT2D eigenvalue weighted by molar-refractivity contribution is 0.538. The van der Waals surface area contributed by atoms with Gasteiger partial charge in [0.25, 0.3) is 0 Å². The fourth-order valence-corrected chi connectivity index (χ4v) is 3.20. The summed E-state index contributed by atoms with van der Waals surface area (Å²) in [5.74, 6) is 0.704. The molecule has 0 aromatic heterocycles. The fraction of sp³-hybridized carbons (Fsp3) is 0.429. The maximum Gasteiger partial charge on any atom is 0.0314 e. The lowest BCUT2D eigenvalue weighted by atomic mass is 9.85. The minimum absolute atomic E-state index is 0.704. The smallest absolute Gasteiger partial charge is 0.0314 e. The van der Waals surface area contributed by atoms with E-state index < -0.39 is 0 Å². The second-order valence-electron chi connectivity index (χ2n) is 6.24. The first-order chi connectivity index (χ1) is 10.7. The molecule has 118 valence electrons. The highest BCUT2D eigenvalue weighted by Crippen LogP contribution is 2.30. The molecule has 0 radical (unpaired) electrons. The Kier molecular flexibility index (Phi) is 6.51. The summed E-state index contributed by atoms with van der Waals surface area (Å²) in [5.41, 5.74) is 11.0. The number of rotatable bonds is 8. The van der Waals surface area contributed by atoms with Crippen LogP contribution in [0.1, 0.15) is 68.6 Å². The Morgan fingerprint density at radius 2 is 1.59 bits per heavy atom. The monoisotopic (exact) mass is 295 g/mol. The largest absolute Gasteiger partial charge is 0.399 e. The number of unbranched alkanes of at least 4 members (excludes halogenated alkanes) is 1. The van der Waals surface area contributed by atoms with Gasteiger partial charge in [0.2, 0.25) is 0 Å². The summed E-state index contributed by atoms with van der Waals surface area (Å²) in [6, 6.07) is 17.3. The molecule has 1 atom stereocenters. The topological polar surface area (TPSA) is 26.0 Å². The summed E-state index contributed by atoms with van der Waals surface area (Å²) in [6.45, 7) is 4.57. The Hall–Kier alpha value is -1.76. The number of anilines is 1. The van der Waals surface area contributed by atoms with Crippen LogP contribution in [0.4, 0.5) is 5.69 Å². The number of nitrogen functional groups attached to an aromatic ring is 1. The number of hydrogen-bond donors (Lipinski definition) is 1. The van der Waals surface area contributed by atoms with Gasteiger partial charge in [0.15, 0.2) is 0 Å². The molecule has 0 amide bonds. The second kappa shape index (κ2) is 8.63. The van der Waals surface area contributed by atoms with Crippen LogP contribution in [-0.2, 0) is 6.42 Å². The van der Waals surface area contributed by atoms with Crippen molar-refractivity contribution in [2.45, 2.75) is 58.3 Å². The van der Waals surface area contributed by atoms with Crippen LogP contribution in [0.25, 0.3) is 0 Å². The van der Waals surface area contributed by atoms with Gasteiger partial charge in [0.1, 0.15) is 0 Å². The van der Waals surface area contributed by atoms with Gasteiger partial charge in [-0.05, 0) is 54.0 Å². The SMILES string of the molecule is CCCCC(CCC)c1ccccc1Cc1ccc(N)cc1. The van der Waals surface area contributed by atoms with Crippen LogP contribution in [0.2, 0.25) is 0 Å². The van der Waals surface area contributed by atoms with E-state index in [1.807, 2.05) is 12.1 Å². The molecule has 0 aliphatic rings. The minimum Gasteiger partial charge on any atom is -0.399 e. The van der Waals surface area contributed by atoms with Gasteiger partial charge in [-0.25, -0.2) is 0 Å². The van der Waals surface area contributed by atoms with Crippen LogP contribution < -0.4 is 5.73 Å². The van der Waals surface area contributed by atoms with E-state index in [9.17, 15) is 0 Å². The first-order valence-corrected chi connectivity index (χ1v) is 8.66. The van der Waals surface area contributed by atoms with E-state index in [-0.39, 0.29) is 0 Å². The standard InChI is InChI=1S/C21H29N/c1-3-5-9-18(8-4-2)21-11-7-6-10-19(21)16-17-12-14-20(22)15-13-17/h6-7,10-15,18H,3-5,8-9,16,22H2,1-2H3. The molecule has 2 N–H and O–H groups in total. The Labute approximate surface area is 135 Å². The third-order valence-electron chi connectivity index (χ3n) is 4.41. The minimum atomic E-state index is 0.704. The summed E-state index contributed by atoms with van der Waals surface area (Å²) in [5, 5.41) is 0. The normalized spacial score (nSPS) is 12.3. The Morgan fingerprint density at radius 3 is 2.27 bits per heavy atom. The second-order valence-corrected chi connectivity index (χ2v) is 6.24. The van der Waals surface area contributed by atoms with E-state index in [1.54, 1.807) is 5.56 Å². The molecule has 0 spiro atoms. The average molecular weight is 295 g/mol. The summed E-state index contributed by atoms with van der Waals surface area (Å²) in [7, 11) is 0. The Balaban J connectivity index is 2.22. The molecule has 0 aliphatic heterocycles. The van der Waals surface area contributed by atoms with Crippen LogP contribution in [-0.4, -0.2) is 0 Å². The molecular weight excluding hydrogens is 266 g/mol. The third-order valence-corrected chi connectivity index (χ3v) is 4.41. The molecule has 2 aromatic rings. The lowest BCUT2D eigenvalue weighted by Crippen LogP contribution is -2.04. The molecule has 1 heteroatoms. The Bertz CT molecular complexity index is 556. The summed E-state index contributed by atoms with van der Waals surface area (Å²) in [4.78, 5) is 0. The van der Waals surface area contributed by atoms with E-state index in [0.29, 0.717) is 5.92 Å². The molecular formula is C21H29N. The third kappa shape index (κ3) is 4.62. The van der Waals surface area contributed by atoms with Crippen molar-refractivity contribution < 1.29 is 0 Å². The van der Waals surface area contributed by atoms with Gasteiger partial charge in [0.05, 0.1) is 0 Å². The van der Waals surface area contributed by atoms with E-state index in [4.69, 9.17) is 5.73 Å². The number of hydrogen-bond acceptors (Lipinski definition) is 1. The molecule has 0 aliphatic carbocycles. The molecule has 1 unspecified atom stereocenters. The maximum absolute atomic E-state index is 5.79. The van der Waals surface area contributed by atoms with Gasteiger partial charge in [-0.15, -0.1) is 0 Å². The van der Waals surface area contributed by atoms with Crippen molar-refractivity contribution >= 4 is 5.69 Å². The molecule has 0 saturated heterocycles. The zero-order valence-corrected chi connectivity index (χ0v) is 14.0. The molecule has 1 nitrogen and oxygen atoms in total. The van der Waals surface area contributed by atoms with Crippen molar-refractivity contribution in [3.8, 4) is 0 Å². The predicted molar refractivity (Wildman–Crippen MR) is 97.3 cm³/mol. The van der Waals surface area contributed by atoms with Crippen LogP contribution in [0.3, 0.4) is 0 Å². The Morgan fingerprint density at radius 1 is 0.864 bits per heavy atom. The fourth-order valence-electron chi connectivity index (χ4n) is 3.20. The predicted octanol–water partition coefficient (Wildman–Crippen LogP) is 5.93.